The highest BCUT2D eigenvalue weighted by Gasteiger charge is 2.31. The van der Waals surface area contributed by atoms with Crippen molar-refractivity contribution in [2.24, 2.45) is 11.8 Å². The summed E-state index contributed by atoms with van der Waals surface area (Å²) in [4.78, 5) is 34.9. The number of piperidine rings is 1. The fraction of sp³-hybridized carbons (Fsp3) is 0.800. The van der Waals surface area contributed by atoms with E-state index in [1.165, 1.54) is 4.31 Å². The molecule has 2 N–H and O–H groups in total. The summed E-state index contributed by atoms with van der Waals surface area (Å²) in [6, 6.07) is -0.632. The molecule has 9 nitrogen and oxygen atoms in total. The molecule has 144 valence electrons. The van der Waals surface area contributed by atoms with Gasteiger partial charge in [-0.25, -0.2) is 17.5 Å². The number of imide groups is 1. The molecule has 1 saturated heterocycles. The van der Waals surface area contributed by atoms with Gasteiger partial charge in [-0.3, -0.25) is 14.9 Å². The van der Waals surface area contributed by atoms with Crippen LogP contribution in [0.1, 0.15) is 33.6 Å². The highest BCUT2D eigenvalue weighted by atomic mass is 32.2. The van der Waals surface area contributed by atoms with E-state index in [0.717, 1.165) is 0 Å². The Balaban J connectivity index is 2.31. The summed E-state index contributed by atoms with van der Waals surface area (Å²) in [6.07, 6.45) is 0.711. The molecule has 0 atom stereocenters. The van der Waals surface area contributed by atoms with Crippen molar-refractivity contribution in [2.45, 2.75) is 33.6 Å². The van der Waals surface area contributed by atoms with Crippen molar-refractivity contribution < 1.29 is 27.5 Å². The number of carbonyl (C=O) groups is 3. The van der Waals surface area contributed by atoms with Gasteiger partial charge < -0.3 is 10.1 Å². The average Bonchev–Trinajstić information content (AvgIpc) is 2.58. The van der Waals surface area contributed by atoms with Crippen molar-refractivity contribution in [3.63, 3.8) is 0 Å². The van der Waals surface area contributed by atoms with Crippen LogP contribution >= 0.6 is 0 Å². The first-order valence-corrected chi connectivity index (χ1v) is 9.98. The number of amides is 3. The quantitative estimate of drug-likeness (QED) is 0.606. The monoisotopic (exact) mass is 377 g/mol. The van der Waals surface area contributed by atoms with Gasteiger partial charge in [-0.05, 0) is 25.7 Å². The molecule has 0 unspecified atom stereocenters. The summed E-state index contributed by atoms with van der Waals surface area (Å²) in [5.74, 6) is -1.42. The van der Waals surface area contributed by atoms with Crippen molar-refractivity contribution in [2.75, 3.05) is 32.0 Å². The minimum Gasteiger partial charge on any atom is -0.455 e. The molecule has 1 aliphatic rings. The van der Waals surface area contributed by atoms with E-state index in [2.05, 4.69) is 10.6 Å². The van der Waals surface area contributed by atoms with Gasteiger partial charge in [0.1, 0.15) is 0 Å². The largest absolute Gasteiger partial charge is 0.455 e. The zero-order valence-electron chi connectivity index (χ0n) is 14.9. The predicted molar refractivity (Wildman–Crippen MR) is 91.1 cm³/mol. The summed E-state index contributed by atoms with van der Waals surface area (Å²) in [6.45, 7) is 5.83. The Bertz CT molecular complexity index is 582. The van der Waals surface area contributed by atoms with E-state index >= 15 is 0 Å². The summed E-state index contributed by atoms with van der Waals surface area (Å²) in [5.41, 5.74) is 0. The minimum absolute atomic E-state index is 0.0289. The lowest BCUT2D eigenvalue weighted by Gasteiger charge is -2.29. The predicted octanol–water partition coefficient (Wildman–Crippen LogP) is 0.0731. The first-order chi connectivity index (χ1) is 11.7. The Hall–Kier alpha value is -1.68. The van der Waals surface area contributed by atoms with Crippen molar-refractivity contribution in [3.05, 3.63) is 0 Å². The maximum atomic E-state index is 12.0. The van der Waals surface area contributed by atoms with Crippen molar-refractivity contribution in [1.82, 2.24) is 14.9 Å². The van der Waals surface area contributed by atoms with Crippen LogP contribution in [0.3, 0.4) is 0 Å². The van der Waals surface area contributed by atoms with Gasteiger partial charge in [0.15, 0.2) is 6.61 Å². The lowest BCUT2D eigenvalue weighted by atomic mass is 9.98. The van der Waals surface area contributed by atoms with Gasteiger partial charge >= 0.3 is 12.0 Å². The maximum Gasteiger partial charge on any atom is 0.321 e. The molecule has 1 rings (SSSR count). The van der Waals surface area contributed by atoms with Crippen molar-refractivity contribution in [3.8, 4) is 0 Å². The molecular formula is C15H27N3O6S. The molecule has 0 bridgehead atoms. The molecule has 0 aromatic rings. The number of nitrogens with one attached hydrogen (secondary N) is 2. The van der Waals surface area contributed by atoms with Gasteiger partial charge in [0.05, 0.1) is 11.7 Å². The highest BCUT2D eigenvalue weighted by molar-refractivity contribution is 7.89. The van der Waals surface area contributed by atoms with Crippen LogP contribution in [0, 0.1) is 11.8 Å². The zero-order chi connectivity index (χ0) is 19.0. The molecule has 3 amide bonds. The number of carbonyl (C=O) groups excluding carboxylic acids is 3. The zero-order valence-corrected chi connectivity index (χ0v) is 15.7. The van der Waals surface area contributed by atoms with E-state index in [9.17, 15) is 22.8 Å². The Morgan fingerprint density at radius 2 is 1.80 bits per heavy atom. The normalized spacial score (nSPS) is 16.5. The molecule has 1 fully saturated rings. The SMILES string of the molecule is CCS(=O)(=O)N1CCC(C(=O)OCC(=O)NC(=O)NCC(C)C)CC1. The van der Waals surface area contributed by atoms with E-state index < -0.39 is 40.5 Å². The molecule has 0 saturated carbocycles. The second kappa shape index (κ2) is 9.71. The van der Waals surface area contributed by atoms with E-state index in [0.29, 0.717) is 19.4 Å². The van der Waals surface area contributed by atoms with Crippen molar-refractivity contribution >= 4 is 27.9 Å². The number of hydrogen-bond acceptors (Lipinski definition) is 6. The first-order valence-electron chi connectivity index (χ1n) is 8.37. The molecule has 0 spiro atoms. The van der Waals surface area contributed by atoms with Crippen LogP contribution in [0.25, 0.3) is 0 Å². The molecule has 10 heteroatoms. The third-order valence-corrected chi connectivity index (χ3v) is 5.70. The second-order valence-electron chi connectivity index (χ2n) is 6.33. The van der Waals surface area contributed by atoms with Crippen LogP contribution < -0.4 is 10.6 Å². The van der Waals surface area contributed by atoms with Gasteiger partial charge in [0.2, 0.25) is 10.0 Å². The lowest BCUT2D eigenvalue weighted by Crippen LogP contribution is -2.43. The van der Waals surface area contributed by atoms with E-state index in [1.54, 1.807) is 6.92 Å². The smallest absolute Gasteiger partial charge is 0.321 e. The summed E-state index contributed by atoms with van der Waals surface area (Å²) >= 11 is 0. The molecule has 25 heavy (non-hydrogen) atoms. The number of hydrogen-bond donors (Lipinski definition) is 2. The van der Waals surface area contributed by atoms with Crippen LogP contribution in [0.15, 0.2) is 0 Å². The lowest BCUT2D eigenvalue weighted by molar-refractivity contribution is -0.153. The number of esters is 1. The molecule has 0 aromatic heterocycles. The molecule has 1 heterocycles. The van der Waals surface area contributed by atoms with Gasteiger partial charge in [-0.1, -0.05) is 13.8 Å². The molecule has 0 aliphatic carbocycles. The number of ether oxygens (including phenoxy) is 1. The van der Waals surface area contributed by atoms with Crippen LogP contribution in [0.5, 0.6) is 0 Å². The van der Waals surface area contributed by atoms with Gasteiger partial charge in [-0.15, -0.1) is 0 Å². The Morgan fingerprint density at radius 3 is 2.32 bits per heavy atom. The minimum atomic E-state index is -3.25. The highest BCUT2D eigenvalue weighted by Crippen LogP contribution is 2.20. The number of nitrogens with zero attached hydrogens (tertiary/aromatic N) is 1. The summed E-state index contributed by atoms with van der Waals surface area (Å²) in [7, 11) is -3.25. The number of sulfonamides is 1. The van der Waals surface area contributed by atoms with Crippen LogP contribution in [-0.2, 0) is 24.3 Å². The molecule has 1 aliphatic heterocycles. The molecule has 0 radical (unpaired) electrons. The Kier molecular flexibility index (Phi) is 8.30. The molecule has 0 aromatic carbocycles. The topological polar surface area (TPSA) is 122 Å². The fourth-order valence-corrected chi connectivity index (χ4v) is 3.44. The van der Waals surface area contributed by atoms with Crippen LogP contribution in [0.4, 0.5) is 4.79 Å². The fourth-order valence-electron chi connectivity index (χ4n) is 2.31. The average molecular weight is 377 g/mol. The van der Waals surface area contributed by atoms with Crippen LogP contribution in [-0.4, -0.2) is 62.6 Å². The van der Waals surface area contributed by atoms with Gasteiger partial charge in [-0.2, -0.15) is 0 Å². The standard InChI is InChI=1S/C15H27N3O6S/c1-4-25(22,23)18-7-5-12(6-8-18)14(20)24-10-13(19)17-15(21)16-9-11(2)3/h11-12H,4-10H2,1-3H3,(H2,16,17,19,21). The number of urea groups is 1. The third kappa shape index (κ3) is 7.39. The van der Waals surface area contributed by atoms with Gasteiger partial charge in [0.25, 0.3) is 5.91 Å². The van der Waals surface area contributed by atoms with Gasteiger partial charge in [0, 0.05) is 19.6 Å². The van der Waals surface area contributed by atoms with E-state index in [-0.39, 0.29) is 24.8 Å². The van der Waals surface area contributed by atoms with Crippen LogP contribution in [0.2, 0.25) is 0 Å². The molecular weight excluding hydrogens is 350 g/mol. The summed E-state index contributed by atoms with van der Waals surface area (Å²) < 4.78 is 29.8. The summed E-state index contributed by atoms with van der Waals surface area (Å²) in [5, 5.41) is 4.59. The van der Waals surface area contributed by atoms with Crippen molar-refractivity contribution in [1.29, 1.82) is 0 Å². The second-order valence-corrected chi connectivity index (χ2v) is 8.59. The maximum absolute atomic E-state index is 12.0. The Labute approximate surface area is 148 Å². The van der Waals surface area contributed by atoms with E-state index in [4.69, 9.17) is 4.74 Å². The Morgan fingerprint density at radius 1 is 1.20 bits per heavy atom. The van der Waals surface area contributed by atoms with E-state index in [1.807, 2.05) is 13.8 Å². The third-order valence-electron chi connectivity index (χ3n) is 3.81. The first kappa shape index (κ1) is 21.4. The number of rotatable bonds is 7.